The predicted octanol–water partition coefficient (Wildman–Crippen LogP) is 8.71. The quantitative estimate of drug-likeness (QED) is 0.208. The van der Waals surface area contributed by atoms with Gasteiger partial charge in [-0.3, -0.25) is 4.79 Å². The third-order valence-corrected chi connectivity index (χ3v) is 9.29. The molecule has 0 bridgehead atoms. The van der Waals surface area contributed by atoms with E-state index in [1.54, 1.807) is 0 Å². The van der Waals surface area contributed by atoms with E-state index in [9.17, 15) is 4.79 Å². The molecule has 0 N–H and O–H groups in total. The van der Waals surface area contributed by atoms with Crippen LogP contribution in [0.1, 0.15) is 96.0 Å². The lowest BCUT2D eigenvalue weighted by Crippen LogP contribution is -2.35. The maximum absolute atomic E-state index is 12.8. The van der Waals surface area contributed by atoms with Crippen LogP contribution in [0.5, 0.6) is 5.75 Å². The molecular formula is C32H46O2. The summed E-state index contributed by atoms with van der Waals surface area (Å²) in [6.45, 7) is 5.92. The second kappa shape index (κ2) is 12.8. The van der Waals surface area contributed by atoms with Gasteiger partial charge in [0, 0.05) is 0 Å². The number of allylic oxidation sites excluding steroid dienone is 3. The highest BCUT2D eigenvalue weighted by molar-refractivity contribution is 5.75. The second-order valence-electron chi connectivity index (χ2n) is 11.4. The number of carbonyl (C=O) groups is 1. The molecule has 3 aliphatic rings. The van der Waals surface area contributed by atoms with Gasteiger partial charge in [-0.25, -0.2) is 0 Å². The second-order valence-corrected chi connectivity index (χ2v) is 11.4. The minimum Gasteiger partial charge on any atom is -0.426 e. The maximum atomic E-state index is 12.8. The summed E-state index contributed by atoms with van der Waals surface area (Å²) >= 11 is 0. The van der Waals surface area contributed by atoms with Crippen molar-refractivity contribution in [3.63, 3.8) is 0 Å². The van der Waals surface area contributed by atoms with Crippen molar-refractivity contribution in [2.24, 2.45) is 35.5 Å². The number of ether oxygens (including phenoxy) is 1. The number of carbonyl (C=O) groups excluding carboxylic acids is 1. The molecule has 0 spiro atoms. The molecule has 4 atom stereocenters. The Morgan fingerprint density at radius 3 is 2.24 bits per heavy atom. The van der Waals surface area contributed by atoms with Gasteiger partial charge in [-0.1, -0.05) is 36.8 Å². The van der Waals surface area contributed by atoms with E-state index in [4.69, 9.17) is 4.74 Å². The van der Waals surface area contributed by atoms with Gasteiger partial charge in [0.1, 0.15) is 5.75 Å². The van der Waals surface area contributed by atoms with Gasteiger partial charge >= 0.3 is 5.97 Å². The van der Waals surface area contributed by atoms with Crippen LogP contribution in [0.4, 0.5) is 0 Å². The summed E-state index contributed by atoms with van der Waals surface area (Å²) in [4.78, 5) is 12.8. The van der Waals surface area contributed by atoms with Crippen LogP contribution in [0.3, 0.4) is 0 Å². The fraction of sp³-hybridized carbons (Fsp3) is 0.656. The van der Waals surface area contributed by atoms with E-state index < -0.39 is 0 Å². The molecule has 2 heteroatoms. The minimum atomic E-state index is -0.0164. The molecule has 3 aliphatic carbocycles. The van der Waals surface area contributed by atoms with Crippen molar-refractivity contribution in [3.05, 3.63) is 54.6 Å². The van der Waals surface area contributed by atoms with E-state index in [2.05, 4.69) is 37.8 Å². The molecule has 0 radical (unpaired) electrons. The third-order valence-electron chi connectivity index (χ3n) is 9.29. The van der Waals surface area contributed by atoms with Gasteiger partial charge in [0.25, 0.3) is 0 Å². The Bertz CT molecular complexity index is 799. The Hall–Kier alpha value is -1.83. The van der Waals surface area contributed by atoms with E-state index in [0.29, 0.717) is 5.75 Å². The highest BCUT2D eigenvalue weighted by atomic mass is 16.5. The van der Waals surface area contributed by atoms with E-state index in [0.717, 1.165) is 55.3 Å². The van der Waals surface area contributed by atoms with Crippen LogP contribution in [-0.2, 0) is 11.2 Å². The summed E-state index contributed by atoms with van der Waals surface area (Å²) in [6, 6.07) is 8.01. The zero-order valence-corrected chi connectivity index (χ0v) is 21.4. The molecule has 0 amide bonds. The molecule has 4 rings (SSSR count). The largest absolute Gasteiger partial charge is 0.426 e. The lowest BCUT2D eigenvalue weighted by atomic mass is 9.60. The number of hydrogen-bond donors (Lipinski definition) is 0. The van der Waals surface area contributed by atoms with Gasteiger partial charge in [-0.2, -0.15) is 0 Å². The molecule has 0 saturated heterocycles. The van der Waals surface area contributed by atoms with Crippen LogP contribution in [0, 0.1) is 35.5 Å². The standard InChI is InChI=1S/C32H46O2/c1-3-5-7-9-25-10-13-30-23-29(19-18-28(30)22-25)26-14-16-27(17-15-26)32(33)34-31-20-11-24(12-21-31)8-6-4-2/h3-5,11-12,20-21,25-30H,2,6-10,13-19,22-23H2,1H3/b5-3+. The minimum absolute atomic E-state index is 0.0164. The van der Waals surface area contributed by atoms with Crippen molar-refractivity contribution in [1.29, 1.82) is 0 Å². The monoisotopic (exact) mass is 462 g/mol. The first kappa shape index (κ1) is 25.3. The van der Waals surface area contributed by atoms with E-state index >= 15 is 0 Å². The molecule has 0 aromatic heterocycles. The van der Waals surface area contributed by atoms with Gasteiger partial charge in [0.2, 0.25) is 0 Å². The summed E-state index contributed by atoms with van der Waals surface area (Å²) in [5, 5.41) is 0. The molecule has 1 aromatic rings. The predicted molar refractivity (Wildman–Crippen MR) is 142 cm³/mol. The van der Waals surface area contributed by atoms with Crippen molar-refractivity contribution >= 4 is 5.97 Å². The Kier molecular flexibility index (Phi) is 9.48. The Morgan fingerprint density at radius 1 is 0.882 bits per heavy atom. The van der Waals surface area contributed by atoms with Crippen molar-refractivity contribution < 1.29 is 9.53 Å². The molecule has 2 nitrogen and oxygen atoms in total. The van der Waals surface area contributed by atoms with Gasteiger partial charge in [-0.05, 0) is 138 Å². The first-order valence-corrected chi connectivity index (χ1v) is 14.2. The highest BCUT2D eigenvalue weighted by Crippen LogP contribution is 2.49. The molecular weight excluding hydrogens is 416 g/mol. The van der Waals surface area contributed by atoms with Gasteiger partial charge in [0.05, 0.1) is 5.92 Å². The summed E-state index contributed by atoms with van der Waals surface area (Å²) in [5.41, 5.74) is 1.26. The summed E-state index contributed by atoms with van der Waals surface area (Å²) in [6.07, 6.45) is 24.3. The average molecular weight is 463 g/mol. The Morgan fingerprint density at radius 2 is 1.53 bits per heavy atom. The van der Waals surface area contributed by atoms with E-state index in [-0.39, 0.29) is 11.9 Å². The fourth-order valence-electron chi connectivity index (χ4n) is 7.23. The first-order chi connectivity index (χ1) is 16.7. The number of esters is 1. The zero-order chi connectivity index (χ0) is 23.8. The maximum Gasteiger partial charge on any atom is 0.314 e. The Balaban J connectivity index is 1.18. The Labute approximate surface area is 208 Å². The number of hydrogen-bond acceptors (Lipinski definition) is 2. The van der Waals surface area contributed by atoms with Gasteiger partial charge in [0.15, 0.2) is 0 Å². The van der Waals surface area contributed by atoms with Crippen LogP contribution >= 0.6 is 0 Å². The molecule has 0 aliphatic heterocycles. The zero-order valence-electron chi connectivity index (χ0n) is 21.4. The number of aryl methyl sites for hydroxylation is 1. The van der Waals surface area contributed by atoms with E-state index in [1.807, 2.05) is 18.2 Å². The average Bonchev–Trinajstić information content (AvgIpc) is 2.88. The highest BCUT2D eigenvalue weighted by Gasteiger charge is 2.39. The van der Waals surface area contributed by atoms with Crippen molar-refractivity contribution in [1.82, 2.24) is 0 Å². The summed E-state index contributed by atoms with van der Waals surface area (Å²) in [7, 11) is 0. The van der Waals surface area contributed by atoms with E-state index in [1.165, 1.54) is 69.8 Å². The molecule has 3 fully saturated rings. The molecule has 0 heterocycles. The van der Waals surface area contributed by atoms with Gasteiger partial charge in [-0.15, -0.1) is 6.58 Å². The first-order valence-electron chi connectivity index (χ1n) is 14.2. The lowest BCUT2D eigenvalue weighted by molar-refractivity contribution is -0.140. The van der Waals surface area contributed by atoms with Gasteiger partial charge < -0.3 is 4.74 Å². The third kappa shape index (κ3) is 6.86. The van der Waals surface area contributed by atoms with Crippen LogP contribution in [0.15, 0.2) is 49.1 Å². The van der Waals surface area contributed by atoms with Crippen molar-refractivity contribution in [2.45, 2.75) is 96.8 Å². The molecule has 1 aromatic carbocycles. The normalized spacial score (nSPS) is 31.7. The number of fused-ring (bicyclic) bond motifs is 1. The van der Waals surface area contributed by atoms with Crippen LogP contribution in [0.2, 0.25) is 0 Å². The lowest BCUT2D eigenvalue weighted by Gasteiger charge is -2.45. The van der Waals surface area contributed by atoms with Crippen molar-refractivity contribution in [3.8, 4) is 5.75 Å². The summed E-state index contributed by atoms with van der Waals surface area (Å²) in [5.74, 6) is 5.44. The number of benzene rings is 1. The molecule has 4 unspecified atom stereocenters. The fourth-order valence-corrected chi connectivity index (χ4v) is 7.23. The SMILES string of the molecule is C=CCCc1ccc(OC(=O)C2CCC(C3CCC4CC(CC/C=C/C)CCC4C3)CC2)cc1. The molecule has 186 valence electrons. The smallest absolute Gasteiger partial charge is 0.314 e. The molecule has 34 heavy (non-hydrogen) atoms. The molecule has 3 saturated carbocycles. The van der Waals surface area contributed by atoms with Crippen LogP contribution < -0.4 is 4.74 Å². The van der Waals surface area contributed by atoms with Crippen LogP contribution in [0.25, 0.3) is 0 Å². The van der Waals surface area contributed by atoms with Crippen LogP contribution in [-0.4, -0.2) is 5.97 Å². The summed E-state index contributed by atoms with van der Waals surface area (Å²) < 4.78 is 5.75. The number of rotatable bonds is 9. The topological polar surface area (TPSA) is 26.3 Å². The van der Waals surface area contributed by atoms with Crippen molar-refractivity contribution in [2.75, 3.05) is 0 Å².